The standard InChI is InChI=1S/C19H17N3O3S/c1-3-25-19(23)16-8-15-17(26-16)13(9-20)11-22-18(15)21-10-12-4-6-14(24-2)7-5-12/h4-8,11H,3,10H2,1-2H3,(H,21,22). The first-order chi connectivity index (χ1) is 12.7. The predicted molar refractivity (Wildman–Crippen MR) is 101 cm³/mol. The highest BCUT2D eigenvalue weighted by atomic mass is 32.1. The van der Waals surface area contributed by atoms with Gasteiger partial charge in [0.05, 0.1) is 24.0 Å². The number of hydrogen-bond donors (Lipinski definition) is 1. The number of rotatable bonds is 6. The summed E-state index contributed by atoms with van der Waals surface area (Å²) in [6.45, 7) is 2.62. The van der Waals surface area contributed by atoms with E-state index in [1.165, 1.54) is 17.5 Å². The third-order valence-corrected chi connectivity index (χ3v) is 4.92. The maximum absolute atomic E-state index is 12.0. The van der Waals surface area contributed by atoms with Gasteiger partial charge in [0.25, 0.3) is 0 Å². The molecule has 6 nitrogen and oxygen atoms in total. The average molecular weight is 367 g/mol. The van der Waals surface area contributed by atoms with Crippen molar-refractivity contribution in [2.75, 3.05) is 19.0 Å². The highest BCUT2D eigenvalue weighted by Crippen LogP contribution is 2.33. The summed E-state index contributed by atoms with van der Waals surface area (Å²) < 4.78 is 10.9. The number of nitrogens with zero attached hydrogens (tertiary/aromatic N) is 2. The maximum Gasteiger partial charge on any atom is 0.348 e. The fourth-order valence-electron chi connectivity index (χ4n) is 2.48. The van der Waals surface area contributed by atoms with Gasteiger partial charge >= 0.3 is 5.97 Å². The van der Waals surface area contributed by atoms with Gasteiger partial charge in [-0.2, -0.15) is 5.26 Å². The van der Waals surface area contributed by atoms with Crippen molar-refractivity contribution < 1.29 is 14.3 Å². The number of fused-ring (bicyclic) bond motifs is 1. The SMILES string of the molecule is CCOC(=O)c1cc2c(NCc3ccc(OC)cc3)ncc(C#N)c2s1. The van der Waals surface area contributed by atoms with Crippen LogP contribution < -0.4 is 10.1 Å². The van der Waals surface area contributed by atoms with Crippen molar-refractivity contribution >= 4 is 33.2 Å². The quantitative estimate of drug-likeness (QED) is 0.664. The lowest BCUT2D eigenvalue weighted by Crippen LogP contribution is -2.02. The number of nitriles is 1. The van der Waals surface area contributed by atoms with Crippen LogP contribution in [0, 0.1) is 11.3 Å². The van der Waals surface area contributed by atoms with Crippen LogP contribution in [0.3, 0.4) is 0 Å². The number of ether oxygens (including phenoxy) is 2. The van der Waals surface area contributed by atoms with Crippen LogP contribution in [0.25, 0.3) is 10.1 Å². The first-order valence-corrected chi connectivity index (χ1v) is 8.84. The molecule has 1 N–H and O–H groups in total. The van der Waals surface area contributed by atoms with Gasteiger partial charge in [-0.05, 0) is 30.7 Å². The second-order valence-electron chi connectivity index (χ2n) is 5.41. The third-order valence-electron chi connectivity index (χ3n) is 3.77. The minimum atomic E-state index is -0.390. The molecule has 7 heteroatoms. The number of aromatic nitrogens is 1. The van der Waals surface area contributed by atoms with Gasteiger partial charge in [-0.1, -0.05) is 12.1 Å². The second-order valence-corrected chi connectivity index (χ2v) is 6.46. The Labute approximate surface area is 155 Å². The Morgan fingerprint density at radius 1 is 1.35 bits per heavy atom. The lowest BCUT2D eigenvalue weighted by Gasteiger charge is -2.08. The summed E-state index contributed by atoms with van der Waals surface area (Å²) in [5.41, 5.74) is 1.50. The summed E-state index contributed by atoms with van der Waals surface area (Å²) in [5.74, 6) is 1.03. The van der Waals surface area contributed by atoms with Crippen LogP contribution in [0.2, 0.25) is 0 Å². The van der Waals surface area contributed by atoms with Crippen molar-refractivity contribution in [1.29, 1.82) is 5.26 Å². The summed E-state index contributed by atoms with van der Waals surface area (Å²) in [7, 11) is 1.63. The van der Waals surface area contributed by atoms with E-state index in [0.717, 1.165) is 21.4 Å². The molecule has 0 atom stereocenters. The fourth-order valence-corrected chi connectivity index (χ4v) is 3.49. The summed E-state index contributed by atoms with van der Waals surface area (Å²) in [6.07, 6.45) is 1.52. The summed E-state index contributed by atoms with van der Waals surface area (Å²) in [6, 6.07) is 11.6. The van der Waals surface area contributed by atoms with Crippen molar-refractivity contribution in [2.45, 2.75) is 13.5 Å². The topological polar surface area (TPSA) is 84.2 Å². The smallest absolute Gasteiger partial charge is 0.348 e. The zero-order chi connectivity index (χ0) is 18.5. The van der Waals surface area contributed by atoms with Crippen molar-refractivity contribution in [3.8, 4) is 11.8 Å². The minimum Gasteiger partial charge on any atom is -0.497 e. The molecule has 0 saturated heterocycles. The van der Waals surface area contributed by atoms with Crippen LogP contribution in [-0.2, 0) is 11.3 Å². The van der Waals surface area contributed by atoms with Crippen LogP contribution in [0.4, 0.5) is 5.82 Å². The van der Waals surface area contributed by atoms with E-state index in [1.54, 1.807) is 20.1 Å². The molecule has 132 valence electrons. The number of hydrogen-bond acceptors (Lipinski definition) is 7. The van der Waals surface area contributed by atoms with Gasteiger partial charge < -0.3 is 14.8 Å². The van der Waals surface area contributed by atoms with Crippen LogP contribution in [-0.4, -0.2) is 24.7 Å². The summed E-state index contributed by atoms with van der Waals surface area (Å²) in [5, 5.41) is 13.3. The zero-order valence-corrected chi connectivity index (χ0v) is 15.2. The molecule has 0 aliphatic carbocycles. The van der Waals surface area contributed by atoms with Crippen LogP contribution >= 0.6 is 11.3 Å². The number of anilines is 1. The largest absolute Gasteiger partial charge is 0.497 e. The third kappa shape index (κ3) is 3.60. The molecule has 0 aliphatic rings. The molecule has 0 saturated carbocycles. The van der Waals surface area contributed by atoms with E-state index in [-0.39, 0.29) is 0 Å². The zero-order valence-electron chi connectivity index (χ0n) is 14.4. The van der Waals surface area contributed by atoms with Gasteiger partial charge in [0.15, 0.2) is 0 Å². The second kappa shape index (κ2) is 7.85. The molecular weight excluding hydrogens is 350 g/mol. The molecule has 26 heavy (non-hydrogen) atoms. The number of methoxy groups -OCH3 is 1. The van der Waals surface area contributed by atoms with Gasteiger partial charge in [0.2, 0.25) is 0 Å². The van der Waals surface area contributed by atoms with E-state index in [1.807, 2.05) is 24.3 Å². The van der Waals surface area contributed by atoms with Crippen molar-refractivity contribution in [2.24, 2.45) is 0 Å². The van der Waals surface area contributed by atoms with Gasteiger partial charge in [-0.15, -0.1) is 11.3 Å². The molecule has 0 radical (unpaired) electrons. The van der Waals surface area contributed by atoms with E-state index < -0.39 is 5.97 Å². The van der Waals surface area contributed by atoms with Crippen molar-refractivity contribution in [3.05, 3.63) is 52.5 Å². The van der Waals surface area contributed by atoms with Crippen LogP contribution in [0.1, 0.15) is 27.7 Å². The van der Waals surface area contributed by atoms with E-state index >= 15 is 0 Å². The Bertz CT molecular complexity index is 974. The predicted octanol–water partition coefficient (Wildman–Crippen LogP) is 3.97. The van der Waals surface area contributed by atoms with Gasteiger partial charge in [-0.3, -0.25) is 0 Å². The Morgan fingerprint density at radius 2 is 2.12 bits per heavy atom. The van der Waals surface area contributed by atoms with E-state index in [2.05, 4.69) is 16.4 Å². The lowest BCUT2D eigenvalue weighted by atomic mass is 10.2. The molecular formula is C19H17N3O3S. The molecule has 0 aliphatic heterocycles. The first-order valence-electron chi connectivity index (χ1n) is 8.02. The first kappa shape index (κ1) is 17.7. The van der Waals surface area contributed by atoms with Gasteiger partial charge in [0.1, 0.15) is 22.5 Å². The Hall–Kier alpha value is -3.11. The number of carbonyl (C=O) groups excluding carboxylic acids is 1. The molecule has 2 aromatic heterocycles. The number of nitrogens with one attached hydrogen (secondary N) is 1. The van der Waals surface area contributed by atoms with Gasteiger partial charge in [-0.25, -0.2) is 9.78 Å². The lowest BCUT2D eigenvalue weighted by molar-refractivity contribution is 0.0532. The average Bonchev–Trinajstić information content (AvgIpc) is 3.12. The van der Waals surface area contributed by atoms with Crippen LogP contribution in [0.15, 0.2) is 36.5 Å². The summed E-state index contributed by atoms with van der Waals surface area (Å²) >= 11 is 1.24. The molecule has 3 rings (SSSR count). The van der Waals surface area contributed by atoms with E-state index in [9.17, 15) is 10.1 Å². The van der Waals surface area contributed by atoms with Gasteiger partial charge in [0, 0.05) is 18.1 Å². The number of carbonyl (C=O) groups is 1. The molecule has 2 heterocycles. The van der Waals surface area contributed by atoms with E-state index in [0.29, 0.717) is 29.4 Å². The molecule has 0 amide bonds. The molecule has 0 unspecified atom stereocenters. The molecule has 0 spiro atoms. The normalized spacial score (nSPS) is 10.3. The Balaban J connectivity index is 1.89. The maximum atomic E-state index is 12.0. The number of thiophene rings is 1. The van der Waals surface area contributed by atoms with Crippen molar-refractivity contribution in [3.63, 3.8) is 0 Å². The van der Waals surface area contributed by atoms with Crippen LogP contribution in [0.5, 0.6) is 5.75 Å². The molecule has 0 fully saturated rings. The monoisotopic (exact) mass is 367 g/mol. The molecule has 0 bridgehead atoms. The summed E-state index contributed by atoms with van der Waals surface area (Å²) in [4.78, 5) is 16.8. The fraction of sp³-hybridized carbons (Fsp3) is 0.211. The Kier molecular flexibility index (Phi) is 5.34. The highest BCUT2D eigenvalue weighted by molar-refractivity contribution is 7.21. The molecule has 3 aromatic rings. The highest BCUT2D eigenvalue weighted by Gasteiger charge is 2.16. The number of esters is 1. The van der Waals surface area contributed by atoms with E-state index in [4.69, 9.17) is 9.47 Å². The number of pyridine rings is 1. The Morgan fingerprint density at radius 3 is 2.77 bits per heavy atom. The van der Waals surface area contributed by atoms with Crippen molar-refractivity contribution in [1.82, 2.24) is 4.98 Å². The number of benzene rings is 1. The minimum absolute atomic E-state index is 0.305. The molecule has 1 aromatic carbocycles.